The highest BCUT2D eigenvalue weighted by Crippen LogP contribution is 2.34. The third kappa shape index (κ3) is 6.76. The summed E-state index contributed by atoms with van der Waals surface area (Å²) in [6.07, 6.45) is 6.17. The maximum Gasteiger partial charge on any atom is 0.328 e. The Kier molecular flexibility index (Phi) is 7.97. The number of hydrogen-bond donors (Lipinski definition) is 4. The molecule has 0 atom stereocenters. The summed E-state index contributed by atoms with van der Waals surface area (Å²) >= 11 is 0. The standard InChI is InChI=1S/C17H23N3O.C4H4O4/c1-3-17(21)19-13-4-5-16-14(10-13)15(11-18-16)12-6-8-20(2)9-7-12;5-3(6)1-2-4(7)8/h4-5,10-12,18H,3,6-9H2,1-2H3,(H,19,21);1-2H,(H,5,6)(H,7,8)/b;2-1+. The molecule has 0 spiro atoms. The van der Waals surface area contributed by atoms with E-state index in [1.54, 1.807) is 0 Å². The van der Waals surface area contributed by atoms with Crippen molar-refractivity contribution in [2.75, 3.05) is 25.5 Å². The molecule has 2 heterocycles. The quantitative estimate of drug-likeness (QED) is 0.571. The van der Waals surface area contributed by atoms with E-state index < -0.39 is 11.9 Å². The molecule has 0 radical (unpaired) electrons. The number of carbonyl (C=O) groups is 3. The minimum atomic E-state index is -1.26. The number of nitrogens with zero attached hydrogens (tertiary/aromatic N) is 1. The molecule has 2 aromatic rings. The van der Waals surface area contributed by atoms with E-state index in [9.17, 15) is 14.4 Å². The van der Waals surface area contributed by atoms with Gasteiger partial charge in [-0.3, -0.25) is 4.79 Å². The van der Waals surface area contributed by atoms with Crippen LogP contribution in [0.3, 0.4) is 0 Å². The number of aromatic amines is 1. The number of rotatable bonds is 5. The number of aliphatic carboxylic acids is 2. The SMILES string of the molecule is CCC(=O)Nc1ccc2[nH]cc(C3CCN(C)CC3)c2c1.O=C(O)/C=C/C(=O)O. The molecule has 1 aliphatic heterocycles. The second-order valence-corrected chi connectivity index (χ2v) is 6.99. The summed E-state index contributed by atoms with van der Waals surface area (Å²) in [6.45, 7) is 4.18. The first-order chi connectivity index (χ1) is 13.8. The lowest BCUT2D eigenvalue weighted by molar-refractivity contribution is -0.134. The zero-order chi connectivity index (χ0) is 21.4. The van der Waals surface area contributed by atoms with Crippen molar-refractivity contribution in [1.29, 1.82) is 0 Å². The largest absolute Gasteiger partial charge is 0.478 e. The summed E-state index contributed by atoms with van der Waals surface area (Å²) in [5, 5.41) is 19.8. The van der Waals surface area contributed by atoms with Crippen molar-refractivity contribution in [3.8, 4) is 0 Å². The average molecular weight is 401 g/mol. The molecule has 4 N–H and O–H groups in total. The molecule has 29 heavy (non-hydrogen) atoms. The molecule has 1 aromatic carbocycles. The molecule has 0 aliphatic carbocycles. The second-order valence-electron chi connectivity index (χ2n) is 6.99. The van der Waals surface area contributed by atoms with Crippen molar-refractivity contribution in [3.63, 3.8) is 0 Å². The van der Waals surface area contributed by atoms with Crippen LogP contribution in [0, 0.1) is 0 Å². The number of carboxylic acids is 2. The van der Waals surface area contributed by atoms with Gasteiger partial charge in [0.2, 0.25) is 5.91 Å². The Morgan fingerprint density at radius 3 is 2.34 bits per heavy atom. The first-order valence-corrected chi connectivity index (χ1v) is 9.53. The fraction of sp³-hybridized carbons (Fsp3) is 0.381. The Bertz CT molecular complexity index is 879. The van der Waals surface area contributed by atoms with E-state index in [4.69, 9.17) is 10.2 Å². The lowest BCUT2D eigenvalue weighted by atomic mass is 9.89. The maximum atomic E-state index is 11.6. The first kappa shape index (κ1) is 22.2. The van der Waals surface area contributed by atoms with E-state index in [1.807, 2.05) is 13.0 Å². The van der Waals surface area contributed by atoms with Gasteiger partial charge in [-0.2, -0.15) is 0 Å². The van der Waals surface area contributed by atoms with Crippen LogP contribution in [0.2, 0.25) is 0 Å². The molecule has 1 saturated heterocycles. The summed E-state index contributed by atoms with van der Waals surface area (Å²) in [4.78, 5) is 36.4. The summed E-state index contributed by atoms with van der Waals surface area (Å²) in [6, 6.07) is 6.12. The highest BCUT2D eigenvalue weighted by Gasteiger charge is 2.21. The predicted molar refractivity (Wildman–Crippen MR) is 111 cm³/mol. The number of benzene rings is 1. The van der Waals surface area contributed by atoms with E-state index in [0.717, 1.165) is 24.3 Å². The summed E-state index contributed by atoms with van der Waals surface area (Å²) in [7, 11) is 2.18. The van der Waals surface area contributed by atoms with E-state index in [-0.39, 0.29) is 5.91 Å². The van der Waals surface area contributed by atoms with Gasteiger partial charge in [0.15, 0.2) is 0 Å². The van der Waals surface area contributed by atoms with Crippen LogP contribution in [0.15, 0.2) is 36.5 Å². The molecular formula is C21H27N3O5. The molecule has 8 nitrogen and oxygen atoms in total. The smallest absolute Gasteiger partial charge is 0.328 e. The van der Waals surface area contributed by atoms with Gasteiger partial charge < -0.3 is 25.4 Å². The van der Waals surface area contributed by atoms with Crippen molar-refractivity contribution in [1.82, 2.24) is 9.88 Å². The number of fused-ring (bicyclic) bond motifs is 1. The number of hydrogen-bond acceptors (Lipinski definition) is 4. The molecule has 1 aliphatic rings. The normalized spacial score (nSPS) is 15.1. The van der Waals surface area contributed by atoms with E-state index >= 15 is 0 Å². The first-order valence-electron chi connectivity index (χ1n) is 9.53. The molecule has 0 saturated carbocycles. The number of carbonyl (C=O) groups excluding carboxylic acids is 1. The number of anilines is 1. The fourth-order valence-corrected chi connectivity index (χ4v) is 3.27. The van der Waals surface area contributed by atoms with Gasteiger partial charge in [0, 0.05) is 41.4 Å². The van der Waals surface area contributed by atoms with Gasteiger partial charge in [-0.15, -0.1) is 0 Å². The zero-order valence-electron chi connectivity index (χ0n) is 16.6. The highest BCUT2D eigenvalue weighted by molar-refractivity contribution is 5.94. The van der Waals surface area contributed by atoms with Gasteiger partial charge in [-0.05, 0) is 62.7 Å². The molecule has 3 rings (SSSR count). The Morgan fingerprint density at radius 2 is 1.79 bits per heavy atom. The van der Waals surface area contributed by atoms with Crippen molar-refractivity contribution < 1.29 is 24.6 Å². The van der Waals surface area contributed by atoms with Crippen LogP contribution in [0.5, 0.6) is 0 Å². The van der Waals surface area contributed by atoms with E-state index in [2.05, 4.69) is 40.6 Å². The Morgan fingerprint density at radius 1 is 1.17 bits per heavy atom. The Labute approximate surface area is 169 Å². The maximum absolute atomic E-state index is 11.6. The van der Waals surface area contributed by atoms with Crippen LogP contribution in [0.1, 0.15) is 37.7 Å². The number of aromatic nitrogens is 1. The third-order valence-electron chi connectivity index (χ3n) is 4.85. The van der Waals surface area contributed by atoms with Crippen LogP contribution in [-0.2, 0) is 14.4 Å². The van der Waals surface area contributed by atoms with Crippen molar-refractivity contribution >= 4 is 34.4 Å². The molecule has 8 heteroatoms. The lowest BCUT2D eigenvalue weighted by Gasteiger charge is -2.28. The molecular weight excluding hydrogens is 374 g/mol. The van der Waals surface area contributed by atoms with Gasteiger partial charge in [-0.1, -0.05) is 6.92 Å². The lowest BCUT2D eigenvalue weighted by Crippen LogP contribution is -2.29. The van der Waals surface area contributed by atoms with E-state index in [0.29, 0.717) is 24.5 Å². The number of carboxylic acid groups (broad SMARTS) is 2. The topological polar surface area (TPSA) is 123 Å². The van der Waals surface area contributed by atoms with Crippen molar-refractivity contribution in [3.05, 3.63) is 42.1 Å². The van der Waals surface area contributed by atoms with Gasteiger partial charge in [-0.25, -0.2) is 9.59 Å². The minimum Gasteiger partial charge on any atom is -0.478 e. The molecule has 0 bridgehead atoms. The molecule has 0 unspecified atom stereocenters. The van der Waals surface area contributed by atoms with Crippen LogP contribution >= 0.6 is 0 Å². The summed E-state index contributed by atoms with van der Waals surface area (Å²) in [5.74, 6) is -1.84. The second kappa shape index (κ2) is 10.4. The minimum absolute atomic E-state index is 0.0609. The van der Waals surface area contributed by atoms with Crippen LogP contribution < -0.4 is 5.32 Å². The van der Waals surface area contributed by atoms with Gasteiger partial charge in [0.1, 0.15) is 0 Å². The molecule has 1 fully saturated rings. The monoisotopic (exact) mass is 401 g/mol. The molecule has 1 amide bonds. The van der Waals surface area contributed by atoms with Crippen LogP contribution in [-0.4, -0.2) is 58.1 Å². The van der Waals surface area contributed by atoms with Crippen LogP contribution in [0.4, 0.5) is 5.69 Å². The highest BCUT2D eigenvalue weighted by atomic mass is 16.4. The number of nitrogens with one attached hydrogen (secondary N) is 2. The van der Waals surface area contributed by atoms with E-state index in [1.165, 1.54) is 23.8 Å². The fourth-order valence-electron chi connectivity index (χ4n) is 3.27. The van der Waals surface area contributed by atoms with Crippen molar-refractivity contribution in [2.45, 2.75) is 32.1 Å². The number of amides is 1. The number of piperidine rings is 1. The molecule has 156 valence electrons. The van der Waals surface area contributed by atoms with Gasteiger partial charge in [0.05, 0.1) is 0 Å². The van der Waals surface area contributed by atoms with Crippen LogP contribution in [0.25, 0.3) is 10.9 Å². The molecule has 1 aromatic heterocycles. The summed E-state index contributed by atoms with van der Waals surface area (Å²) < 4.78 is 0. The number of likely N-dealkylation sites (tertiary alicyclic amines) is 1. The zero-order valence-corrected chi connectivity index (χ0v) is 16.6. The Balaban J connectivity index is 0.000000321. The predicted octanol–water partition coefficient (Wildman–Crippen LogP) is 3.04. The van der Waals surface area contributed by atoms with Crippen molar-refractivity contribution in [2.24, 2.45) is 0 Å². The summed E-state index contributed by atoms with van der Waals surface area (Å²) in [5.41, 5.74) is 3.44. The number of H-pyrrole nitrogens is 1. The van der Waals surface area contributed by atoms with Gasteiger partial charge in [0.25, 0.3) is 0 Å². The third-order valence-corrected chi connectivity index (χ3v) is 4.85. The average Bonchev–Trinajstić information content (AvgIpc) is 3.10. The van der Waals surface area contributed by atoms with Gasteiger partial charge >= 0.3 is 11.9 Å². The Hall–Kier alpha value is -3.13.